The minimum absolute atomic E-state index is 0. The van der Waals surface area contributed by atoms with Crippen LogP contribution in [0.5, 0.6) is 11.5 Å². The maximum Gasteiger partial charge on any atom is 0.330 e. The summed E-state index contributed by atoms with van der Waals surface area (Å²) in [5, 5.41) is 19.2. The summed E-state index contributed by atoms with van der Waals surface area (Å²) in [4.78, 5) is 63.3. The van der Waals surface area contributed by atoms with Crippen molar-refractivity contribution in [1.29, 1.82) is 0 Å². The number of thiol groups is 1. The van der Waals surface area contributed by atoms with Crippen molar-refractivity contribution in [2.75, 3.05) is 63.2 Å². The molecule has 0 unspecified atom stereocenters. The molecule has 18 nitrogen and oxygen atoms in total. The van der Waals surface area contributed by atoms with Crippen molar-refractivity contribution in [1.82, 2.24) is 0 Å². The van der Waals surface area contributed by atoms with Crippen molar-refractivity contribution in [2.24, 2.45) is 0 Å². The Morgan fingerprint density at radius 2 is 0.829 bits per heavy atom. The van der Waals surface area contributed by atoms with Gasteiger partial charge in [0, 0.05) is 121 Å². The summed E-state index contributed by atoms with van der Waals surface area (Å²) in [5.41, 5.74) is 24.1. The van der Waals surface area contributed by atoms with Gasteiger partial charge in [-0.25, -0.2) is 36.7 Å². The number of nitrogen functional groups attached to an aromatic ring is 3. The largest absolute Gasteiger partial charge is 0.496 e. The normalized spacial score (nSPS) is 9.96. The first-order valence-electron chi connectivity index (χ1n) is 33.8. The number of anilines is 5. The van der Waals surface area contributed by atoms with E-state index in [-0.39, 0.29) is 61.8 Å². The molecule has 0 bridgehead atoms. The Morgan fingerprint density at radius 3 is 1.21 bits per heavy atom. The van der Waals surface area contributed by atoms with E-state index in [1.807, 2.05) is 114 Å². The number of carboxylic acids is 2. The Morgan fingerprint density at radius 1 is 0.479 bits per heavy atom. The van der Waals surface area contributed by atoms with Crippen molar-refractivity contribution < 1.29 is 105 Å². The summed E-state index contributed by atoms with van der Waals surface area (Å²) in [6, 6.07) is 48.6. The SMILES string of the molecule is C=CC(=O)OCC.CC(=O)O.CC(=O)O.CCOC(=O)/C=C/c1cc(Br)c(F)cc1N.CCOC(=O)/C=C/c1cc(SCc2ccccc2)c(F)cc1N.CCOC(=O)/C=C/c1cc(SCc2ccccc2)c(F)cc1Nc1cc(Cl)c(Br)cc1OC.COc1cc(Br)c(Cl)cc1I.Nc1cc(F)c(Br)cc1I.SCc1ccccc1.[Pd]. The number of carbonyl (C=O) groups is 6. The van der Waals surface area contributed by atoms with Gasteiger partial charge in [-0.05, 0) is 261 Å². The number of thioether (sulfide) groups is 2. The monoisotopic (exact) mass is 2280 g/mol. The zero-order chi connectivity index (χ0) is 87.4. The fraction of sp³-hybridized carbons (Fsp3) is 0.181. The van der Waals surface area contributed by atoms with Crippen LogP contribution in [-0.2, 0) is 85.4 Å². The molecule has 9 aromatic carbocycles. The van der Waals surface area contributed by atoms with E-state index >= 15 is 4.39 Å². The van der Waals surface area contributed by atoms with Crippen LogP contribution in [-0.4, -0.2) is 86.7 Å². The van der Waals surface area contributed by atoms with E-state index in [4.69, 9.17) is 83.9 Å². The van der Waals surface area contributed by atoms with Crippen LogP contribution in [0.2, 0.25) is 10.0 Å². The number of esters is 4. The van der Waals surface area contributed by atoms with E-state index in [9.17, 15) is 32.3 Å². The average Bonchev–Trinajstić information content (AvgIpc) is 0.809. The molecular weight excluding hydrogens is 2200 g/mol. The summed E-state index contributed by atoms with van der Waals surface area (Å²) in [6.45, 7) is 13.6. The molecule has 0 fully saturated rings. The standard InChI is InChI=1S/C25H22BrClFNO3S.C18H18FNO2S.C11H11BrFNO2.C7H5BrClIO.C7H8S.C6H4BrFIN.C5H8O2.2C2H4O2.Pd/c1-3-32-25(30)10-9-17-11-24(33-15-16-7-5-4-6-8-16)20(28)14-21(17)29-22-13-19(27)18(26)12-23(22)31-2;1-2-22-18(21)9-8-14-10-17(15(19)11-16(14)20)23-12-13-6-4-3-5-7-13;1-2-16-11(15)4-3-7-5-8(12)9(13)6-10(7)14;1-11-7-2-4(8)5(9)3-6(7)10;8-6-7-4-2-1-3-5-7;7-3-1-5(9)6(10)2-4(3)8;1-3-5(6)7-4-2;2*1-2(3)4;/h4-14,29H,3,15H2,1-2H3;3-11H,2,12,20H2,1H3;3-6H,2,14H2,1H3;2-3H,1H3;1-5,8H,6H2;1-2H,10H2;3H,1,4H2,2H3;2*1H3,(H,3,4);/b10-9+;9-8+;4-3+;;;;;;;. The van der Waals surface area contributed by atoms with Gasteiger partial charge < -0.3 is 61.2 Å². The molecule has 0 aliphatic rings. The second-order valence-electron chi connectivity index (χ2n) is 21.9. The van der Waals surface area contributed by atoms with Gasteiger partial charge in [-0.3, -0.25) is 9.59 Å². The van der Waals surface area contributed by atoms with E-state index in [0.717, 1.165) is 54.2 Å². The van der Waals surface area contributed by atoms with Gasteiger partial charge in [0.2, 0.25) is 0 Å². The Balaban J connectivity index is 0.00000140. The summed E-state index contributed by atoms with van der Waals surface area (Å²) in [7, 11) is 3.17. The number of hydrogen-bond donors (Lipinski definition) is 7. The van der Waals surface area contributed by atoms with E-state index in [2.05, 4.69) is 128 Å². The molecule has 0 heterocycles. The minimum atomic E-state index is -0.833. The molecule has 0 aliphatic carbocycles. The number of halogens is 12. The first kappa shape index (κ1) is 110. The minimum Gasteiger partial charge on any atom is -0.496 e. The van der Waals surface area contributed by atoms with E-state index in [0.29, 0.717) is 104 Å². The molecule has 9 aromatic rings. The van der Waals surface area contributed by atoms with Crippen LogP contribution in [0.1, 0.15) is 74.9 Å². The number of nitrogens with two attached hydrogens (primary N) is 3. The number of benzene rings is 9. The summed E-state index contributed by atoms with van der Waals surface area (Å²) in [6.07, 6.45) is 9.62. The van der Waals surface area contributed by atoms with Crippen molar-refractivity contribution in [3.63, 3.8) is 0 Å². The molecule has 0 aromatic heterocycles. The quantitative estimate of drug-likeness (QED) is 0.00317. The molecule has 0 saturated heterocycles. The predicted molar refractivity (Wildman–Crippen MR) is 496 cm³/mol. The first-order valence-corrected chi connectivity index (χ1v) is 42.5. The van der Waals surface area contributed by atoms with Gasteiger partial charge in [0.15, 0.2) is 0 Å². The van der Waals surface area contributed by atoms with Crippen molar-refractivity contribution in [2.45, 2.75) is 68.6 Å². The zero-order valence-corrected chi connectivity index (χ0v) is 80.2. The zero-order valence-electron chi connectivity index (χ0n) is 63.9. The molecule has 9 N–H and O–H groups in total. The molecule has 117 heavy (non-hydrogen) atoms. The van der Waals surface area contributed by atoms with Gasteiger partial charge in [0.05, 0.1) is 68.9 Å². The predicted octanol–water partition coefficient (Wildman–Crippen LogP) is 24.4. The average molecular weight is 2280 g/mol. The number of hydrogen-bond acceptors (Lipinski definition) is 19. The molecule has 0 spiro atoms. The van der Waals surface area contributed by atoms with E-state index < -0.39 is 35.7 Å². The number of carbonyl (C=O) groups excluding carboxylic acids is 4. The number of rotatable bonds is 22. The Hall–Kier alpha value is -7.05. The van der Waals surface area contributed by atoms with Gasteiger partial charge in [-0.1, -0.05) is 121 Å². The summed E-state index contributed by atoms with van der Waals surface area (Å²) < 4.78 is 88.3. The maximum absolute atomic E-state index is 15.0. The fourth-order valence-corrected chi connectivity index (χ4v) is 13.4. The van der Waals surface area contributed by atoms with Gasteiger partial charge in [-0.15, -0.1) is 23.5 Å². The Labute approximate surface area is 777 Å². The number of nitrogens with one attached hydrogen (secondary N) is 1. The molecule has 0 saturated carbocycles. The maximum atomic E-state index is 15.0. The number of aliphatic carboxylic acids is 2. The third-order valence-corrected chi connectivity index (χ3v) is 21.1. The van der Waals surface area contributed by atoms with Gasteiger partial charge in [-0.2, -0.15) is 12.6 Å². The van der Waals surface area contributed by atoms with Gasteiger partial charge in [0.25, 0.3) is 11.9 Å². The van der Waals surface area contributed by atoms with Crippen LogP contribution >= 0.6 is 168 Å². The fourth-order valence-electron chi connectivity index (χ4n) is 7.93. The molecule has 34 heteroatoms. The molecule has 9 rings (SSSR count). The third-order valence-electron chi connectivity index (χ3n) is 13.1. The van der Waals surface area contributed by atoms with Crippen LogP contribution in [0.3, 0.4) is 0 Å². The van der Waals surface area contributed by atoms with Crippen LogP contribution < -0.4 is 32.0 Å². The van der Waals surface area contributed by atoms with Gasteiger partial charge in [0.1, 0.15) is 34.8 Å². The third kappa shape index (κ3) is 47.5. The number of ether oxygens (including phenoxy) is 6. The van der Waals surface area contributed by atoms with Crippen LogP contribution in [0, 0.1) is 30.4 Å². The Bertz CT molecular complexity index is 4670. The van der Waals surface area contributed by atoms with Crippen molar-refractivity contribution in [3.8, 4) is 11.5 Å². The first-order chi connectivity index (χ1) is 55.0. The molecule has 0 radical (unpaired) electrons. The molecular formula is C83H84Br4Cl2F4I2N4O14PdS3. The molecule has 0 amide bonds. The summed E-state index contributed by atoms with van der Waals surface area (Å²) >= 11 is 35.9. The van der Waals surface area contributed by atoms with Gasteiger partial charge >= 0.3 is 23.9 Å². The topological polar surface area (TPSA) is 288 Å². The van der Waals surface area contributed by atoms with Crippen LogP contribution in [0.25, 0.3) is 18.2 Å². The van der Waals surface area contributed by atoms with E-state index in [1.54, 1.807) is 77.3 Å². The van der Waals surface area contributed by atoms with Crippen LogP contribution in [0.15, 0.2) is 222 Å². The van der Waals surface area contributed by atoms with E-state index in [1.165, 1.54) is 90.8 Å². The molecule has 632 valence electrons. The summed E-state index contributed by atoms with van der Waals surface area (Å²) in [5.74, 6) is -1.45. The number of carboxylic acid groups (broad SMARTS) is 2. The van der Waals surface area contributed by atoms with Crippen LogP contribution in [0.4, 0.5) is 46.0 Å². The van der Waals surface area contributed by atoms with Crippen molar-refractivity contribution in [3.05, 3.63) is 286 Å². The van der Waals surface area contributed by atoms with Crippen molar-refractivity contribution >= 4 is 251 Å². The smallest absolute Gasteiger partial charge is 0.330 e. The number of methoxy groups -OCH3 is 2. The Kier molecular flexibility index (Phi) is 59.2. The molecule has 0 aliphatic heterocycles. The second-order valence-corrected chi connectivity index (χ2v) is 30.8. The second kappa shape index (κ2) is 63.0. The molecule has 0 atom stereocenters.